The molecule has 1 rings (SSSR count). The third-order valence-electron chi connectivity index (χ3n) is 2.09. The number of anilines is 2. The highest BCUT2D eigenvalue weighted by Gasteiger charge is 2.17. The Morgan fingerprint density at radius 1 is 1.38 bits per heavy atom. The van der Waals surface area contributed by atoms with Gasteiger partial charge in [0.2, 0.25) is 0 Å². The molecule has 5 nitrogen and oxygen atoms in total. The summed E-state index contributed by atoms with van der Waals surface area (Å²) in [7, 11) is 1.50. The first-order valence-corrected chi connectivity index (χ1v) is 4.99. The zero-order valence-electron chi connectivity index (χ0n) is 9.74. The molecule has 1 aromatic carbocycles. The molecule has 0 unspecified atom stereocenters. The molecule has 0 aliphatic heterocycles. The molecule has 0 aliphatic rings. The predicted octanol–water partition coefficient (Wildman–Crippen LogP) is 1.55. The summed E-state index contributed by atoms with van der Waals surface area (Å²) in [4.78, 5) is 4.72. The molecule has 0 atom stereocenters. The van der Waals surface area contributed by atoms with Gasteiger partial charge in [-0.15, -0.1) is 0 Å². The van der Waals surface area contributed by atoms with Crippen LogP contribution in [-0.4, -0.2) is 29.5 Å². The highest BCUT2D eigenvalue weighted by molar-refractivity contribution is 5.63. The maximum Gasteiger partial charge on any atom is 0.140 e. The lowest BCUT2D eigenvalue weighted by molar-refractivity contribution is 0.234. The van der Waals surface area contributed by atoms with Crippen LogP contribution in [0.1, 0.15) is 13.8 Å². The molecule has 0 spiro atoms. The first-order valence-electron chi connectivity index (χ1n) is 4.99. The Balaban J connectivity index is 2.83. The average molecular weight is 226 g/mol. The van der Waals surface area contributed by atoms with Gasteiger partial charge in [0.1, 0.15) is 5.75 Å². The summed E-state index contributed by atoms with van der Waals surface area (Å²) < 4.78 is 0. The summed E-state index contributed by atoms with van der Waals surface area (Å²) in [5.74, 6) is 0.101. The van der Waals surface area contributed by atoms with Crippen LogP contribution in [0.5, 0.6) is 5.75 Å². The monoisotopic (exact) mass is 226 g/mol. The number of aromatic hydroxyl groups is 1. The van der Waals surface area contributed by atoms with Gasteiger partial charge in [-0.05, 0) is 26.0 Å². The van der Waals surface area contributed by atoms with Crippen molar-refractivity contribution in [2.45, 2.75) is 19.4 Å². The topological polar surface area (TPSA) is 73.8 Å². The van der Waals surface area contributed by atoms with Crippen LogP contribution in [0.4, 0.5) is 11.4 Å². The number of aliphatic hydroxyl groups is 1. The summed E-state index contributed by atoms with van der Waals surface area (Å²) >= 11 is 0. The molecule has 0 radical (unpaired) electrons. The Morgan fingerprint density at radius 3 is 2.56 bits per heavy atom. The van der Waals surface area contributed by atoms with Crippen LogP contribution in [0.2, 0.25) is 0 Å². The molecular formula is C11H18N2O3. The van der Waals surface area contributed by atoms with Gasteiger partial charge < -0.3 is 15.5 Å². The van der Waals surface area contributed by atoms with E-state index in [4.69, 9.17) is 9.94 Å². The Hall–Kier alpha value is -1.46. The van der Waals surface area contributed by atoms with Crippen LogP contribution >= 0.6 is 0 Å². The average Bonchev–Trinajstić information content (AvgIpc) is 2.23. The molecule has 0 saturated carbocycles. The lowest BCUT2D eigenvalue weighted by Crippen LogP contribution is -2.34. The second-order valence-corrected chi connectivity index (χ2v) is 4.21. The van der Waals surface area contributed by atoms with Crippen LogP contribution in [-0.2, 0) is 4.84 Å². The molecule has 0 heterocycles. The summed E-state index contributed by atoms with van der Waals surface area (Å²) in [6.45, 7) is 3.66. The number of phenolic OH excluding ortho intramolecular Hbond substituents is 1. The molecule has 0 fully saturated rings. The van der Waals surface area contributed by atoms with Gasteiger partial charge in [0, 0.05) is 6.07 Å². The molecule has 0 amide bonds. The summed E-state index contributed by atoms with van der Waals surface area (Å²) in [6.07, 6.45) is 0. The Labute approximate surface area is 95.0 Å². The van der Waals surface area contributed by atoms with Crippen molar-refractivity contribution in [2.24, 2.45) is 0 Å². The third kappa shape index (κ3) is 3.29. The molecule has 0 bridgehead atoms. The van der Waals surface area contributed by atoms with Gasteiger partial charge in [0.25, 0.3) is 0 Å². The summed E-state index contributed by atoms with van der Waals surface area (Å²) in [6, 6.07) is 5.02. The van der Waals surface area contributed by atoms with E-state index >= 15 is 0 Å². The third-order valence-corrected chi connectivity index (χ3v) is 2.09. The normalized spacial score (nSPS) is 11.2. The van der Waals surface area contributed by atoms with E-state index in [-0.39, 0.29) is 12.4 Å². The second kappa shape index (κ2) is 5.05. The van der Waals surface area contributed by atoms with Gasteiger partial charge in [-0.2, -0.15) is 0 Å². The lowest BCUT2D eigenvalue weighted by Gasteiger charge is -2.25. The van der Waals surface area contributed by atoms with E-state index in [2.05, 4.69) is 10.8 Å². The van der Waals surface area contributed by atoms with Gasteiger partial charge in [0.05, 0.1) is 30.6 Å². The molecule has 0 aliphatic carbocycles. The number of aliphatic hydroxyl groups excluding tert-OH is 1. The fourth-order valence-corrected chi connectivity index (χ4v) is 1.22. The van der Waals surface area contributed by atoms with Crippen molar-refractivity contribution in [3.05, 3.63) is 18.2 Å². The van der Waals surface area contributed by atoms with Crippen molar-refractivity contribution in [2.75, 3.05) is 24.5 Å². The standard InChI is InChI=1S/C11H18N2O3/c1-11(2,7-14)12-9-5-4-8(13-16-3)6-10(9)15/h4-6,12-15H,7H2,1-3H3. The van der Waals surface area contributed by atoms with E-state index in [0.717, 1.165) is 0 Å². The molecule has 0 saturated heterocycles. The van der Waals surface area contributed by atoms with Crippen molar-refractivity contribution in [1.82, 2.24) is 0 Å². The van der Waals surface area contributed by atoms with E-state index in [1.54, 1.807) is 18.2 Å². The van der Waals surface area contributed by atoms with Crippen molar-refractivity contribution < 1.29 is 15.1 Å². The number of nitrogens with one attached hydrogen (secondary N) is 2. The van der Waals surface area contributed by atoms with Crippen molar-refractivity contribution in [1.29, 1.82) is 0 Å². The number of rotatable bonds is 5. The first kappa shape index (κ1) is 12.6. The molecule has 90 valence electrons. The highest BCUT2D eigenvalue weighted by atomic mass is 16.6. The Morgan fingerprint density at radius 2 is 2.06 bits per heavy atom. The van der Waals surface area contributed by atoms with Crippen LogP contribution in [0.25, 0.3) is 0 Å². The van der Waals surface area contributed by atoms with Gasteiger partial charge in [-0.3, -0.25) is 10.3 Å². The molecule has 5 heteroatoms. The Kier molecular flexibility index (Phi) is 3.98. The second-order valence-electron chi connectivity index (χ2n) is 4.21. The number of phenols is 1. The SMILES string of the molecule is CONc1ccc(NC(C)(C)CO)c(O)c1. The number of hydrogen-bond donors (Lipinski definition) is 4. The van der Waals surface area contributed by atoms with E-state index < -0.39 is 5.54 Å². The number of hydrogen-bond acceptors (Lipinski definition) is 5. The predicted molar refractivity (Wildman–Crippen MR) is 63.5 cm³/mol. The lowest BCUT2D eigenvalue weighted by atomic mass is 10.1. The van der Waals surface area contributed by atoms with Gasteiger partial charge in [-0.1, -0.05) is 0 Å². The van der Waals surface area contributed by atoms with Crippen LogP contribution in [0, 0.1) is 0 Å². The quantitative estimate of drug-likeness (QED) is 0.453. The van der Waals surface area contributed by atoms with E-state index in [1.165, 1.54) is 7.11 Å². The summed E-state index contributed by atoms with van der Waals surface area (Å²) in [5, 5.41) is 21.9. The fraction of sp³-hybridized carbons (Fsp3) is 0.455. The summed E-state index contributed by atoms with van der Waals surface area (Å²) in [5.41, 5.74) is 3.37. The van der Waals surface area contributed by atoms with Crippen molar-refractivity contribution in [3.63, 3.8) is 0 Å². The van der Waals surface area contributed by atoms with Crippen LogP contribution in [0.15, 0.2) is 18.2 Å². The van der Waals surface area contributed by atoms with Crippen LogP contribution in [0.3, 0.4) is 0 Å². The van der Waals surface area contributed by atoms with Gasteiger partial charge >= 0.3 is 0 Å². The Bertz CT molecular complexity index is 353. The van der Waals surface area contributed by atoms with Crippen LogP contribution < -0.4 is 10.8 Å². The molecule has 0 aromatic heterocycles. The molecular weight excluding hydrogens is 208 g/mol. The van der Waals surface area contributed by atoms with Crippen molar-refractivity contribution in [3.8, 4) is 5.75 Å². The minimum atomic E-state index is -0.478. The molecule has 16 heavy (non-hydrogen) atoms. The zero-order chi connectivity index (χ0) is 12.2. The maximum absolute atomic E-state index is 9.74. The van der Waals surface area contributed by atoms with E-state index in [9.17, 15) is 5.11 Å². The maximum atomic E-state index is 9.74. The smallest absolute Gasteiger partial charge is 0.140 e. The van der Waals surface area contributed by atoms with Crippen molar-refractivity contribution >= 4 is 11.4 Å². The van der Waals surface area contributed by atoms with Gasteiger partial charge in [0.15, 0.2) is 0 Å². The molecule has 1 aromatic rings. The van der Waals surface area contributed by atoms with Gasteiger partial charge in [-0.25, -0.2) is 0 Å². The highest BCUT2D eigenvalue weighted by Crippen LogP contribution is 2.28. The zero-order valence-corrected chi connectivity index (χ0v) is 9.74. The first-order chi connectivity index (χ1) is 7.48. The van der Waals surface area contributed by atoms with E-state index in [0.29, 0.717) is 11.4 Å². The molecule has 4 N–H and O–H groups in total. The van der Waals surface area contributed by atoms with E-state index in [1.807, 2.05) is 13.8 Å². The minimum Gasteiger partial charge on any atom is -0.506 e. The fourth-order valence-electron chi connectivity index (χ4n) is 1.22. The largest absolute Gasteiger partial charge is 0.506 e. The minimum absolute atomic E-state index is 0.0233. The number of benzene rings is 1.